The first kappa shape index (κ1) is 19.7. The molecule has 2 aliphatic carbocycles. The molecule has 5 rings (SSSR count). The predicted molar refractivity (Wildman–Crippen MR) is 115 cm³/mol. The molecule has 3 saturated heterocycles. The first-order chi connectivity index (χ1) is 12.6. The maximum absolute atomic E-state index is 12.1. The third-order valence-corrected chi connectivity index (χ3v) is 7.17. The van der Waals surface area contributed by atoms with Crippen molar-refractivity contribution in [3.8, 4) is 0 Å². The van der Waals surface area contributed by atoms with Crippen molar-refractivity contribution < 1.29 is 9.53 Å². The van der Waals surface area contributed by atoms with E-state index in [9.17, 15) is 4.79 Å². The van der Waals surface area contributed by atoms with Crippen molar-refractivity contribution in [1.29, 1.82) is 0 Å². The Labute approximate surface area is 179 Å². The smallest absolute Gasteiger partial charge is 0.243 e. The standard InChI is InChI=1S/C20H32N4O2.HI/c1-23(2)18(25)9-21-20(22-19(12-3-4-12)13-5-6-13)24-10-14-15(11-24)17-8-7-16(14)26-17;/h12-17,19H,3-11H2,1-2H3,(H,21,22);1H. The van der Waals surface area contributed by atoms with Crippen molar-refractivity contribution in [2.24, 2.45) is 28.7 Å². The van der Waals surface area contributed by atoms with Gasteiger partial charge in [0.25, 0.3) is 0 Å². The van der Waals surface area contributed by atoms with Gasteiger partial charge in [-0.3, -0.25) is 4.79 Å². The second kappa shape index (κ2) is 7.69. The summed E-state index contributed by atoms with van der Waals surface area (Å²) in [6.45, 7) is 2.32. The van der Waals surface area contributed by atoms with E-state index in [1.807, 2.05) is 0 Å². The van der Waals surface area contributed by atoms with E-state index < -0.39 is 0 Å². The number of likely N-dealkylation sites (N-methyl/N-ethyl adjacent to an activating group) is 1. The highest BCUT2D eigenvalue weighted by atomic mass is 127. The summed E-state index contributed by atoms with van der Waals surface area (Å²) in [5, 5.41) is 3.82. The number of nitrogens with zero attached hydrogens (tertiary/aromatic N) is 3. The van der Waals surface area contributed by atoms with Crippen molar-refractivity contribution >= 4 is 35.8 Å². The molecule has 7 heteroatoms. The lowest BCUT2D eigenvalue weighted by atomic mass is 9.82. The molecule has 0 aromatic rings. The van der Waals surface area contributed by atoms with Crippen LogP contribution in [0.1, 0.15) is 38.5 Å². The number of hydrogen-bond acceptors (Lipinski definition) is 3. The number of nitrogens with one attached hydrogen (secondary N) is 1. The number of guanidine groups is 1. The van der Waals surface area contributed by atoms with Crippen molar-refractivity contribution in [2.45, 2.75) is 56.8 Å². The van der Waals surface area contributed by atoms with Gasteiger partial charge in [-0.25, -0.2) is 4.99 Å². The van der Waals surface area contributed by atoms with Crippen LogP contribution in [-0.2, 0) is 9.53 Å². The van der Waals surface area contributed by atoms with E-state index in [0.29, 0.717) is 30.1 Å². The molecule has 27 heavy (non-hydrogen) atoms. The highest BCUT2D eigenvalue weighted by Gasteiger charge is 2.54. The van der Waals surface area contributed by atoms with E-state index in [1.54, 1.807) is 19.0 Å². The average Bonchev–Trinajstić information content (AvgIpc) is 3.52. The van der Waals surface area contributed by atoms with Crippen molar-refractivity contribution in [3.63, 3.8) is 0 Å². The number of amides is 1. The minimum atomic E-state index is 0. The van der Waals surface area contributed by atoms with Gasteiger partial charge in [-0.05, 0) is 50.4 Å². The molecule has 4 atom stereocenters. The van der Waals surface area contributed by atoms with E-state index in [4.69, 9.17) is 9.73 Å². The molecule has 0 aromatic heterocycles. The Balaban J connectivity index is 0.00000180. The molecule has 5 fully saturated rings. The van der Waals surface area contributed by atoms with Gasteiger partial charge in [-0.1, -0.05) is 0 Å². The van der Waals surface area contributed by atoms with Crippen LogP contribution in [0.4, 0.5) is 0 Å². The number of ether oxygens (including phenoxy) is 1. The SMILES string of the molecule is CN(C)C(=O)CN=C(NC(C1CC1)C1CC1)N1CC2C3CCC(O3)C2C1.I. The van der Waals surface area contributed by atoms with Crippen LogP contribution in [0.2, 0.25) is 0 Å². The quantitative estimate of drug-likeness (QED) is 0.365. The molecule has 0 spiro atoms. The molecule has 3 heterocycles. The monoisotopic (exact) mass is 488 g/mol. The molecule has 5 aliphatic rings. The van der Waals surface area contributed by atoms with Crippen LogP contribution < -0.4 is 5.32 Å². The normalized spacial score (nSPS) is 34.6. The van der Waals surface area contributed by atoms with Gasteiger partial charge in [-0.15, -0.1) is 24.0 Å². The Kier molecular flexibility index (Phi) is 5.62. The van der Waals surface area contributed by atoms with Gasteiger partial charge in [0, 0.05) is 45.1 Å². The molecular weight excluding hydrogens is 455 g/mol. The molecule has 1 N–H and O–H groups in total. The Morgan fingerprint density at radius 2 is 1.63 bits per heavy atom. The number of rotatable bonds is 5. The summed E-state index contributed by atoms with van der Waals surface area (Å²) in [6.07, 6.45) is 8.77. The van der Waals surface area contributed by atoms with Gasteiger partial charge in [0.1, 0.15) is 6.54 Å². The molecule has 2 bridgehead atoms. The number of hydrogen-bond donors (Lipinski definition) is 1. The van der Waals surface area contributed by atoms with Gasteiger partial charge < -0.3 is 19.9 Å². The van der Waals surface area contributed by atoms with Crippen LogP contribution >= 0.6 is 24.0 Å². The van der Waals surface area contributed by atoms with Crippen molar-refractivity contribution in [1.82, 2.24) is 15.1 Å². The van der Waals surface area contributed by atoms with Crippen LogP contribution in [0.25, 0.3) is 0 Å². The number of aliphatic imine (C=N–C) groups is 1. The van der Waals surface area contributed by atoms with Gasteiger partial charge >= 0.3 is 0 Å². The van der Waals surface area contributed by atoms with Crippen molar-refractivity contribution in [2.75, 3.05) is 33.7 Å². The fourth-order valence-electron chi connectivity index (χ4n) is 5.33. The number of halogens is 1. The topological polar surface area (TPSA) is 57.2 Å². The zero-order chi connectivity index (χ0) is 17.8. The first-order valence-corrected chi connectivity index (χ1v) is 10.5. The van der Waals surface area contributed by atoms with Gasteiger partial charge in [0.05, 0.1) is 12.2 Å². The molecule has 2 saturated carbocycles. The van der Waals surface area contributed by atoms with Crippen molar-refractivity contribution in [3.05, 3.63) is 0 Å². The molecule has 0 aromatic carbocycles. The molecule has 4 unspecified atom stereocenters. The summed E-state index contributed by atoms with van der Waals surface area (Å²) in [6, 6.07) is 0.566. The molecule has 3 aliphatic heterocycles. The molecular formula is C20H33IN4O2. The van der Waals surface area contributed by atoms with Gasteiger partial charge in [0.15, 0.2) is 5.96 Å². The van der Waals surface area contributed by atoms with Crippen LogP contribution in [0.3, 0.4) is 0 Å². The van der Waals surface area contributed by atoms with Crippen LogP contribution in [-0.4, -0.2) is 73.6 Å². The van der Waals surface area contributed by atoms with E-state index in [-0.39, 0.29) is 36.4 Å². The molecule has 152 valence electrons. The lowest BCUT2D eigenvalue weighted by molar-refractivity contribution is -0.127. The van der Waals surface area contributed by atoms with E-state index in [2.05, 4.69) is 10.2 Å². The van der Waals surface area contributed by atoms with E-state index in [0.717, 1.165) is 30.9 Å². The fraction of sp³-hybridized carbons (Fsp3) is 0.900. The Morgan fingerprint density at radius 3 is 2.11 bits per heavy atom. The number of likely N-dealkylation sites (tertiary alicyclic amines) is 1. The van der Waals surface area contributed by atoms with E-state index in [1.165, 1.54) is 38.5 Å². The Bertz CT molecular complexity index is 575. The lowest BCUT2D eigenvalue weighted by Crippen LogP contribution is -2.48. The Morgan fingerprint density at radius 1 is 1.07 bits per heavy atom. The maximum atomic E-state index is 12.1. The average molecular weight is 488 g/mol. The molecule has 6 nitrogen and oxygen atoms in total. The van der Waals surface area contributed by atoms with Gasteiger partial charge in [-0.2, -0.15) is 0 Å². The third-order valence-electron chi connectivity index (χ3n) is 7.17. The third kappa shape index (κ3) is 3.95. The summed E-state index contributed by atoms with van der Waals surface area (Å²) in [4.78, 5) is 21.0. The van der Waals surface area contributed by atoms with Gasteiger partial charge in [0.2, 0.25) is 5.91 Å². The summed E-state index contributed by atoms with van der Waals surface area (Å²) in [5.74, 6) is 4.01. The molecule has 0 radical (unpaired) electrons. The zero-order valence-corrected chi connectivity index (χ0v) is 18.8. The largest absolute Gasteiger partial charge is 0.374 e. The minimum Gasteiger partial charge on any atom is -0.374 e. The highest BCUT2D eigenvalue weighted by molar-refractivity contribution is 14.0. The number of fused-ring (bicyclic) bond motifs is 5. The summed E-state index contributed by atoms with van der Waals surface area (Å²) in [7, 11) is 3.61. The maximum Gasteiger partial charge on any atom is 0.243 e. The second-order valence-electron chi connectivity index (χ2n) is 9.30. The minimum absolute atomic E-state index is 0. The second-order valence-corrected chi connectivity index (χ2v) is 9.30. The lowest BCUT2D eigenvalue weighted by Gasteiger charge is -2.28. The van der Waals surface area contributed by atoms with Crippen LogP contribution in [0, 0.1) is 23.7 Å². The fourth-order valence-corrected chi connectivity index (χ4v) is 5.33. The highest BCUT2D eigenvalue weighted by Crippen LogP contribution is 2.48. The predicted octanol–water partition coefficient (Wildman–Crippen LogP) is 1.94. The van der Waals surface area contributed by atoms with Crippen LogP contribution in [0.5, 0.6) is 0 Å². The Hall–Kier alpha value is -0.570. The summed E-state index contributed by atoms with van der Waals surface area (Å²) >= 11 is 0. The summed E-state index contributed by atoms with van der Waals surface area (Å²) < 4.78 is 6.13. The van der Waals surface area contributed by atoms with E-state index >= 15 is 0 Å². The zero-order valence-electron chi connectivity index (χ0n) is 16.5. The van der Waals surface area contributed by atoms with Crippen LogP contribution in [0.15, 0.2) is 4.99 Å². The molecule has 1 amide bonds. The number of carbonyl (C=O) groups excluding carboxylic acids is 1. The summed E-state index contributed by atoms with van der Waals surface area (Å²) in [5.41, 5.74) is 0. The first-order valence-electron chi connectivity index (χ1n) is 10.5. The number of carbonyl (C=O) groups is 1.